The third-order valence-corrected chi connectivity index (χ3v) is 4.79. The Hall–Kier alpha value is -2.33. The molecule has 4 nitrogen and oxygen atoms in total. The van der Waals surface area contributed by atoms with Gasteiger partial charge in [0.1, 0.15) is 0 Å². The van der Waals surface area contributed by atoms with E-state index in [1.165, 1.54) is 11.1 Å². The summed E-state index contributed by atoms with van der Waals surface area (Å²) in [6, 6.07) is 15.2. The summed E-state index contributed by atoms with van der Waals surface area (Å²) in [6.07, 6.45) is 3.34. The lowest BCUT2D eigenvalue weighted by Gasteiger charge is -2.26. The molecule has 130 valence electrons. The SMILES string of the molecule is O=C(CCNC(=O)c1ccccc1Cl)N[C@H]1CCCc2ccccc21. The van der Waals surface area contributed by atoms with Crippen molar-refractivity contribution in [1.29, 1.82) is 0 Å². The Labute approximate surface area is 152 Å². The Morgan fingerprint density at radius 2 is 1.84 bits per heavy atom. The zero-order chi connectivity index (χ0) is 17.6. The lowest BCUT2D eigenvalue weighted by atomic mass is 9.88. The van der Waals surface area contributed by atoms with Crippen molar-refractivity contribution in [2.24, 2.45) is 0 Å². The summed E-state index contributed by atoms with van der Waals surface area (Å²) in [7, 11) is 0. The predicted molar refractivity (Wildman–Crippen MR) is 98.7 cm³/mol. The Bertz CT molecular complexity index is 776. The number of fused-ring (bicyclic) bond motifs is 1. The van der Waals surface area contributed by atoms with Gasteiger partial charge in [-0.05, 0) is 42.5 Å². The van der Waals surface area contributed by atoms with Crippen LogP contribution in [-0.2, 0) is 11.2 Å². The molecule has 2 N–H and O–H groups in total. The number of hydrogen-bond donors (Lipinski definition) is 2. The number of benzene rings is 2. The van der Waals surface area contributed by atoms with Crippen LogP contribution in [0.4, 0.5) is 0 Å². The molecule has 2 aromatic rings. The molecular formula is C20H21ClN2O2. The molecule has 0 saturated carbocycles. The molecule has 3 rings (SSSR count). The van der Waals surface area contributed by atoms with Crippen molar-refractivity contribution < 1.29 is 9.59 Å². The van der Waals surface area contributed by atoms with Crippen LogP contribution in [0.5, 0.6) is 0 Å². The van der Waals surface area contributed by atoms with Crippen LogP contribution in [0.1, 0.15) is 46.8 Å². The van der Waals surface area contributed by atoms with Gasteiger partial charge in [-0.3, -0.25) is 9.59 Å². The predicted octanol–water partition coefficient (Wildman–Crippen LogP) is 3.65. The second kappa shape index (κ2) is 8.17. The molecule has 0 radical (unpaired) electrons. The van der Waals surface area contributed by atoms with E-state index in [2.05, 4.69) is 22.8 Å². The zero-order valence-corrected chi connectivity index (χ0v) is 14.7. The molecule has 0 fully saturated rings. The number of nitrogens with one attached hydrogen (secondary N) is 2. The number of amides is 2. The number of halogens is 1. The molecule has 1 aliphatic rings. The van der Waals surface area contributed by atoms with E-state index in [0.717, 1.165) is 19.3 Å². The van der Waals surface area contributed by atoms with Crippen molar-refractivity contribution in [2.75, 3.05) is 6.54 Å². The van der Waals surface area contributed by atoms with E-state index in [0.29, 0.717) is 10.6 Å². The first kappa shape index (κ1) is 17.5. The van der Waals surface area contributed by atoms with Gasteiger partial charge in [-0.1, -0.05) is 48.0 Å². The lowest BCUT2D eigenvalue weighted by molar-refractivity contribution is -0.121. The molecule has 0 bridgehead atoms. The van der Waals surface area contributed by atoms with Gasteiger partial charge >= 0.3 is 0 Å². The molecule has 0 spiro atoms. The average molecular weight is 357 g/mol. The Balaban J connectivity index is 1.49. The topological polar surface area (TPSA) is 58.2 Å². The van der Waals surface area contributed by atoms with Crippen LogP contribution in [0.2, 0.25) is 5.02 Å². The smallest absolute Gasteiger partial charge is 0.252 e. The molecule has 1 aliphatic carbocycles. The summed E-state index contributed by atoms with van der Waals surface area (Å²) in [5, 5.41) is 6.23. The van der Waals surface area contributed by atoms with Crippen molar-refractivity contribution in [3.05, 3.63) is 70.2 Å². The van der Waals surface area contributed by atoms with Gasteiger partial charge in [0, 0.05) is 13.0 Å². The molecule has 2 aromatic carbocycles. The normalized spacial score (nSPS) is 16.0. The second-order valence-corrected chi connectivity index (χ2v) is 6.60. The second-order valence-electron chi connectivity index (χ2n) is 6.20. The molecule has 0 aliphatic heterocycles. The minimum Gasteiger partial charge on any atom is -0.351 e. The molecule has 0 heterocycles. The van der Waals surface area contributed by atoms with Gasteiger partial charge in [-0.2, -0.15) is 0 Å². The fourth-order valence-corrected chi connectivity index (χ4v) is 3.42. The maximum absolute atomic E-state index is 12.2. The van der Waals surface area contributed by atoms with E-state index in [4.69, 9.17) is 11.6 Å². The standard InChI is InChI=1S/C20H21ClN2O2/c21-17-10-4-3-9-16(17)20(25)22-13-12-19(24)23-18-11-5-7-14-6-1-2-8-15(14)18/h1-4,6,8-10,18H,5,7,11-13H2,(H,22,25)(H,23,24)/t18-/m0/s1. The minimum absolute atomic E-state index is 0.0545. The Kier molecular flexibility index (Phi) is 5.71. The first-order chi connectivity index (χ1) is 12.1. The van der Waals surface area contributed by atoms with Gasteiger partial charge in [0.2, 0.25) is 5.91 Å². The van der Waals surface area contributed by atoms with Crippen LogP contribution < -0.4 is 10.6 Å². The van der Waals surface area contributed by atoms with Crippen LogP contribution in [0.3, 0.4) is 0 Å². The van der Waals surface area contributed by atoms with Crippen LogP contribution in [0.15, 0.2) is 48.5 Å². The molecule has 25 heavy (non-hydrogen) atoms. The van der Waals surface area contributed by atoms with Crippen LogP contribution in [0, 0.1) is 0 Å². The van der Waals surface area contributed by atoms with Crippen LogP contribution in [0.25, 0.3) is 0 Å². The van der Waals surface area contributed by atoms with Gasteiger partial charge in [0.15, 0.2) is 0 Å². The highest BCUT2D eigenvalue weighted by Crippen LogP contribution is 2.29. The van der Waals surface area contributed by atoms with Crippen molar-refractivity contribution >= 4 is 23.4 Å². The average Bonchev–Trinajstić information content (AvgIpc) is 2.62. The van der Waals surface area contributed by atoms with Crippen molar-refractivity contribution in [3.8, 4) is 0 Å². The zero-order valence-electron chi connectivity index (χ0n) is 13.9. The van der Waals surface area contributed by atoms with Gasteiger partial charge in [0.05, 0.1) is 16.6 Å². The summed E-state index contributed by atoms with van der Waals surface area (Å²) < 4.78 is 0. The van der Waals surface area contributed by atoms with Gasteiger partial charge in [-0.25, -0.2) is 0 Å². The van der Waals surface area contributed by atoms with E-state index in [1.807, 2.05) is 12.1 Å². The first-order valence-corrected chi connectivity index (χ1v) is 8.93. The summed E-state index contributed by atoms with van der Waals surface area (Å²) in [4.78, 5) is 24.3. The highest BCUT2D eigenvalue weighted by Gasteiger charge is 2.21. The molecule has 0 aromatic heterocycles. The quantitative estimate of drug-likeness (QED) is 0.859. The van der Waals surface area contributed by atoms with Gasteiger partial charge in [0.25, 0.3) is 5.91 Å². The first-order valence-electron chi connectivity index (χ1n) is 8.55. The van der Waals surface area contributed by atoms with Crippen LogP contribution >= 0.6 is 11.6 Å². The number of hydrogen-bond acceptors (Lipinski definition) is 2. The molecule has 1 atom stereocenters. The molecule has 0 unspecified atom stereocenters. The van der Waals surface area contributed by atoms with Crippen molar-refractivity contribution in [3.63, 3.8) is 0 Å². The third-order valence-electron chi connectivity index (χ3n) is 4.46. The van der Waals surface area contributed by atoms with E-state index in [-0.39, 0.29) is 30.8 Å². The van der Waals surface area contributed by atoms with E-state index < -0.39 is 0 Å². The molecule has 5 heteroatoms. The van der Waals surface area contributed by atoms with Crippen LogP contribution in [-0.4, -0.2) is 18.4 Å². The summed E-state index contributed by atoms with van der Waals surface area (Å²) in [5.41, 5.74) is 2.94. The summed E-state index contributed by atoms with van der Waals surface area (Å²) in [5.74, 6) is -0.317. The van der Waals surface area contributed by atoms with Crippen molar-refractivity contribution in [1.82, 2.24) is 10.6 Å². The number of carbonyl (C=O) groups excluding carboxylic acids is 2. The van der Waals surface area contributed by atoms with Gasteiger partial charge < -0.3 is 10.6 Å². The monoisotopic (exact) mass is 356 g/mol. The molecule has 0 saturated heterocycles. The van der Waals surface area contributed by atoms with Gasteiger partial charge in [-0.15, -0.1) is 0 Å². The summed E-state index contributed by atoms with van der Waals surface area (Å²) in [6.45, 7) is 0.282. The Morgan fingerprint density at radius 3 is 2.68 bits per heavy atom. The number of carbonyl (C=O) groups is 2. The third kappa shape index (κ3) is 4.40. The Morgan fingerprint density at radius 1 is 1.08 bits per heavy atom. The van der Waals surface area contributed by atoms with E-state index >= 15 is 0 Å². The molecule has 2 amide bonds. The fourth-order valence-electron chi connectivity index (χ4n) is 3.20. The summed E-state index contributed by atoms with van der Waals surface area (Å²) >= 11 is 6.00. The highest BCUT2D eigenvalue weighted by molar-refractivity contribution is 6.33. The highest BCUT2D eigenvalue weighted by atomic mass is 35.5. The van der Waals surface area contributed by atoms with E-state index in [1.54, 1.807) is 24.3 Å². The largest absolute Gasteiger partial charge is 0.351 e. The maximum atomic E-state index is 12.2. The number of aryl methyl sites for hydroxylation is 1. The fraction of sp³-hybridized carbons (Fsp3) is 0.300. The number of rotatable bonds is 5. The minimum atomic E-state index is -0.263. The maximum Gasteiger partial charge on any atom is 0.252 e. The van der Waals surface area contributed by atoms with Crippen molar-refractivity contribution in [2.45, 2.75) is 31.7 Å². The lowest BCUT2D eigenvalue weighted by Crippen LogP contribution is -2.34. The molecular weight excluding hydrogens is 336 g/mol. The van der Waals surface area contributed by atoms with E-state index in [9.17, 15) is 9.59 Å².